The lowest BCUT2D eigenvalue weighted by Gasteiger charge is -2.32. The molecular formula is C64H44S16Si5. The first-order valence-electron chi connectivity index (χ1n) is 27.0. The standard InChI is InChI=1S/C64H44S16Si5/c1-13-45(65-33-1)81(46-14-2-34-66-46,47-15-3-35-67-47)57-25-29-61(77-57)85(62-30-26-58(78-62)82(48-16-4-36-68-48,49-17-5-37-69-49)50-18-6-38-70-50,63-31-27-59(79-63)83(51-19-7-39-71-51,52-20-8-40-72-52)53-21-9-41-73-53)64-32-28-60(80-64)84(54-22-10-42-74-54,55-23-11-43-75-55)56-24-12-44-76-56/h1-44H. The molecule has 85 heavy (non-hydrogen) atoms. The Hall–Kier alpha value is -3.72. The highest BCUT2D eigenvalue weighted by Crippen LogP contribution is 2.28. The number of hydrogen-bond acceptors (Lipinski definition) is 16. The van der Waals surface area contributed by atoms with Crippen LogP contribution in [0.2, 0.25) is 0 Å². The minimum atomic E-state index is -3.35. The zero-order valence-corrected chi connectivity index (χ0v) is 62.5. The normalized spacial score (nSPS) is 12.7. The van der Waals surface area contributed by atoms with Crippen molar-refractivity contribution in [3.63, 3.8) is 0 Å². The van der Waals surface area contributed by atoms with E-state index in [9.17, 15) is 0 Å². The van der Waals surface area contributed by atoms with Crippen LogP contribution in [0, 0.1) is 0 Å². The molecule has 0 bridgehead atoms. The van der Waals surface area contributed by atoms with Gasteiger partial charge in [0, 0.05) is 90.0 Å². The topological polar surface area (TPSA) is 0 Å². The average molecular weight is 1470 g/mol. The van der Waals surface area contributed by atoms with Crippen LogP contribution >= 0.6 is 181 Å². The Morgan fingerprint density at radius 1 is 0.129 bits per heavy atom. The minimum absolute atomic E-state index is 1.50. The molecule has 0 saturated carbocycles. The average Bonchev–Trinajstić information content (AvgIpc) is 2.08. The molecule has 0 amide bonds. The van der Waals surface area contributed by atoms with Crippen molar-refractivity contribution < 1.29 is 0 Å². The number of rotatable bonds is 20. The van der Waals surface area contributed by atoms with E-state index in [1.165, 1.54) is 90.0 Å². The van der Waals surface area contributed by atoms with Gasteiger partial charge in [-0.2, -0.15) is 181 Å². The van der Waals surface area contributed by atoms with Crippen LogP contribution in [0.15, 0.2) is 259 Å². The van der Waals surface area contributed by atoms with E-state index in [1.54, 1.807) is 0 Å². The zero-order chi connectivity index (χ0) is 56.5. The lowest BCUT2D eigenvalue weighted by Crippen LogP contribution is -2.75. The fraction of sp³-hybridized carbons (Fsp3) is 0. The molecule has 16 aromatic rings. The van der Waals surface area contributed by atoms with Gasteiger partial charge in [-0.05, 0) is 64.6 Å². The van der Waals surface area contributed by atoms with Crippen molar-refractivity contribution in [2.45, 2.75) is 0 Å². The second-order valence-electron chi connectivity index (χ2n) is 20.1. The van der Waals surface area contributed by atoms with Crippen molar-refractivity contribution in [2.24, 2.45) is 0 Å². The Labute approximate surface area is 562 Å². The molecule has 0 unspecified atom stereocenters. The van der Waals surface area contributed by atoms with Gasteiger partial charge in [0.05, 0.1) is 0 Å². The molecule has 16 aromatic heterocycles. The van der Waals surface area contributed by atoms with E-state index in [4.69, 9.17) is 0 Å². The van der Waals surface area contributed by atoms with Gasteiger partial charge in [-0.1, -0.05) is 194 Å². The SMILES string of the molecule is c1csc([Si](c2cccs2)(c2cccs2)c2ccc([Si](c3ccc([Si](c4cccs4)(c4cccs4)c4cccs4)s3)(c3ccc([Si](c4cccs4)(c4cccs4)c4cccs4)s3)c3ccc([Si](c4cccs4)(c4cccs4)c4cccs4)s3)s2)c1. The summed E-state index contributed by atoms with van der Waals surface area (Å²) in [5.41, 5.74) is 0. The molecule has 416 valence electrons. The van der Waals surface area contributed by atoms with E-state index >= 15 is 0 Å². The van der Waals surface area contributed by atoms with Crippen LogP contribution in [0.1, 0.15) is 0 Å². The van der Waals surface area contributed by atoms with Gasteiger partial charge in [0.2, 0.25) is 40.4 Å². The van der Waals surface area contributed by atoms with Gasteiger partial charge in [0.1, 0.15) is 0 Å². The number of thiophene rings is 16. The first-order chi connectivity index (χ1) is 42.1. The van der Waals surface area contributed by atoms with Gasteiger partial charge in [0.15, 0.2) is 0 Å². The predicted octanol–water partition coefficient (Wildman–Crippen LogP) is 9.56. The molecule has 16 heterocycles. The first-order valence-corrected chi connectivity index (χ1v) is 50.8. The Morgan fingerprint density at radius 2 is 0.235 bits per heavy atom. The first kappa shape index (κ1) is 56.5. The monoisotopic (exact) mass is 1460 g/mol. The molecule has 0 nitrogen and oxygen atoms in total. The maximum absolute atomic E-state index is 3.35. The third kappa shape index (κ3) is 8.81. The van der Waals surface area contributed by atoms with Crippen LogP contribution in [-0.2, 0) is 0 Å². The van der Waals surface area contributed by atoms with Gasteiger partial charge in [-0.25, -0.2) is 0 Å². The summed E-state index contributed by atoms with van der Waals surface area (Å²) in [5.74, 6) is 0. The Balaban J connectivity index is 1.04. The third-order valence-electron chi connectivity index (χ3n) is 16.1. The molecule has 0 fully saturated rings. The van der Waals surface area contributed by atoms with E-state index in [2.05, 4.69) is 304 Å². The zero-order valence-electron chi connectivity index (χ0n) is 44.4. The summed E-state index contributed by atoms with van der Waals surface area (Å²) < 4.78 is 30.3. The molecule has 0 atom stereocenters. The Kier molecular flexibility index (Phi) is 15.7. The summed E-state index contributed by atoms with van der Waals surface area (Å²) in [6.45, 7) is 0. The molecule has 0 radical (unpaired) electrons. The summed E-state index contributed by atoms with van der Waals surface area (Å²) in [5, 5.41) is 27.8. The van der Waals surface area contributed by atoms with Crippen molar-refractivity contribution in [3.05, 3.63) is 259 Å². The van der Waals surface area contributed by atoms with Crippen molar-refractivity contribution in [1.29, 1.82) is 0 Å². The van der Waals surface area contributed by atoms with E-state index in [0.29, 0.717) is 0 Å². The molecule has 0 aliphatic heterocycles. The van der Waals surface area contributed by atoms with Crippen LogP contribution in [0.3, 0.4) is 0 Å². The minimum Gasteiger partial charge on any atom is -0.152 e. The predicted molar refractivity (Wildman–Crippen MR) is 411 cm³/mol. The van der Waals surface area contributed by atoms with Crippen LogP contribution < -0.4 is 90.0 Å². The van der Waals surface area contributed by atoms with E-state index in [0.717, 1.165) is 0 Å². The molecule has 0 spiro atoms. The van der Waals surface area contributed by atoms with Gasteiger partial charge in [-0.3, -0.25) is 0 Å². The Morgan fingerprint density at radius 3 is 0.329 bits per heavy atom. The summed E-state index contributed by atoms with van der Waals surface area (Å²) in [7, 11) is -14.4. The van der Waals surface area contributed by atoms with Crippen molar-refractivity contribution >= 4 is 312 Å². The molecule has 16 rings (SSSR count). The number of hydrogen-bond donors (Lipinski definition) is 0. The second kappa shape index (κ2) is 23.6. The van der Waals surface area contributed by atoms with Gasteiger partial charge >= 0.3 is 0 Å². The van der Waals surface area contributed by atoms with Gasteiger partial charge in [0.25, 0.3) is 0 Å². The summed E-state index contributed by atoms with van der Waals surface area (Å²) in [6.07, 6.45) is 0. The quantitative estimate of drug-likeness (QED) is 0.0668. The maximum atomic E-state index is 2.68. The smallest absolute Gasteiger partial charge is 0.152 e. The van der Waals surface area contributed by atoms with Crippen molar-refractivity contribution in [2.75, 3.05) is 0 Å². The fourth-order valence-corrected chi connectivity index (χ4v) is 79.5. The van der Waals surface area contributed by atoms with Crippen molar-refractivity contribution in [1.82, 2.24) is 0 Å². The van der Waals surface area contributed by atoms with Crippen molar-refractivity contribution in [3.8, 4) is 0 Å². The Bertz CT molecular complexity index is 3710. The fourth-order valence-electron chi connectivity index (χ4n) is 12.5. The lowest BCUT2D eigenvalue weighted by molar-refractivity contribution is 1.94. The molecule has 21 heteroatoms. The maximum Gasteiger partial charge on any atom is 0.222 e. The molecule has 0 saturated heterocycles. The summed E-state index contributed by atoms with van der Waals surface area (Å²) in [4.78, 5) is 0. The summed E-state index contributed by atoms with van der Waals surface area (Å²) >= 11 is 32.1. The highest BCUT2D eigenvalue weighted by Gasteiger charge is 2.56. The molecule has 0 N–H and O–H groups in total. The molecular weight excluding hydrogens is 1420 g/mol. The van der Waals surface area contributed by atoms with E-state index in [1.807, 2.05) is 136 Å². The van der Waals surface area contributed by atoms with Crippen LogP contribution in [0.5, 0.6) is 0 Å². The third-order valence-corrected chi connectivity index (χ3v) is 70.3. The van der Waals surface area contributed by atoms with E-state index in [-0.39, 0.29) is 0 Å². The van der Waals surface area contributed by atoms with Gasteiger partial charge in [-0.15, -0.1) is 0 Å². The second-order valence-corrected chi connectivity index (χ2v) is 61.4. The molecule has 0 aliphatic carbocycles. The molecule has 0 aromatic carbocycles. The van der Waals surface area contributed by atoms with Crippen LogP contribution in [-0.4, -0.2) is 40.4 Å². The molecule has 0 aliphatic rings. The van der Waals surface area contributed by atoms with Crippen LogP contribution in [0.25, 0.3) is 0 Å². The highest BCUT2D eigenvalue weighted by molar-refractivity contribution is 7.64. The summed E-state index contributed by atoms with van der Waals surface area (Å²) in [6, 6.07) is 78.3. The van der Waals surface area contributed by atoms with Crippen LogP contribution in [0.4, 0.5) is 0 Å². The van der Waals surface area contributed by atoms with Gasteiger partial charge < -0.3 is 0 Å². The van der Waals surface area contributed by atoms with E-state index < -0.39 is 40.4 Å². The largest absolute Gasteiger partial charge is 0.222 e. The lowest BCUT2D eigenvalue weighted by atomic mass is 10.6. The highest BCUT2D eigenvalue weighted by atomic mass is 32.2.